The molecule has 2 aromatic carbocycles. The van der Waals surface area contributed by atoms with Crippen molar-refractivity contribution in [1.29, 1.82) is 0 Å². The molecular weight excluding hydrogens is 323 g/mol. The van der Waals surface area contributed by atoms with Gasteiger partial charge in [0, 0.05) is 22.3 Å². The molecule has 0 fully saturated rings. The van der Waals surface area contributed by atoms with Gasteiger partial charge in [0.1, 0.15) is 23.0 Å². The summed E-state index contributed by atoms with van der Waals surface area (Å²) in [5.74, 6) is -4.54. The molecule has 2 nitrogen and oxygen atoms in total. The van der Waals surface area contributed by atoms with E-state index in [1.54, 1.807) is 24.3 Å². The first-order valence-electron chi connectivity index (χ1n) is 5.19. The van der Waals surface area contributed by atoms with Crippen LogP contribution in [0.4, 0.5) is 18.9 Å². The Morgan fingerprint density at radius 1 is 1.00 bits per heavy atom. The van der Waals surface area contributed by atoms with Crippen LogP contribution in [0, 0.1) is 17.5 Å². The van der Waals surface area contributed by atoms with E-state index in [9.17, 15) is 18.0 Å². The Labute approximate surface area is 115 Å². The molecule has 2 aromatic rings. The quantitative estimate of drug-likeness (QED) is 0.882. The number of hydrogen-bond donors (Lipinski definition) is 1. The third-order valence-electron chi connectivity index (χ3n) is 2.34. The van der Waals surface area contributed by atoms with Gasteiger partial charge < -0.3 is 5.32 Å². The van der Waals surface area contributed by atoms with Gasteiger partial charge >= 0.3 is 0 Å². The fourth-order valence-corrected chi connectivity index (χ4v) is 1.75. The lowest BCUT2D eigenvalue weighted by atomic mass is 10.1. The van der Waals surface area contributed by atoms with Gasteiger partial charge in [-0.2, -0.15) is 0 Å². The van der Waals surface area contributed by atoms with Crippen molar-refractivity contribution in [2.24, 2.45) is 0 Å². The van der Waals surface area contributed by atoms with Crippen molar-refractivity contribution in [3.8, 4) is 0 Å². The second-order valence-corrected chi connectivity index (χ2v) is 4.62. The van der Waals surface area contributed by atoms with Gasteiger partial charge in [-0.15, -0.1) is 0 Å². The number of halogens is 4. The number of carbonyl (C=O) groups excluding carboxylic acids is 1. The van der Waals surface area contributed by atoms with Crippen LogP contribution in [0.15, 0.2) is 40.9 Å². The van der Waals surface area contributed by atoms with Crippen LogP contribution < -0.4 is 5.32 Å². The standard InChI is InChI=1S/C13H7BrF3NO/c14-7-1-3-9(4-2-7)18-13(19)12-10(16)5-8(15)6-11(12)17/h1-6H,(H,18,19). The second kappa shape index (κ2) is 5.44. The zero-order valence-corrected chi connectivity index (χ0v) is 11.0. The second-order valence-electron chi connectivity index (χ2n) is 3.71. The Morgan fingerprint density at radius 2 is 1.53 bits per heavy atom. The van der Waals surface area contributed by atoms with Crippen molar-refractivity contribution >= 4 is 27.5 Å². The smallest absolute Gasteiger partial charge is 0.261 e. The maximum Gasteiger partial charge on any atom is 0.261 e. The maximum atomic E-state index is 13.4. The largest absolute Gasteiger partial charge is 0.322 e. The minimum Gasteiger partial charge on any atom is -0.322 e. The Kier molecular flexibility index (Phi) is 3.90. The van der Waals surface area contributed by atoms with E-state index in [0.717, 1.165) is 4.47 Å². The van der Waals surface area contributed by atoms with Gasteiger partial charge in [0.2, 0.25) is 0 Å². The number of anilines is 1. The van der Waals surface area contributed by atoms with E-state index in [1.807, 2.05) is 0 Å². The Balaban J connectivity index is 2.28. The molecule has 0 aromatic heterocycles. The van der Waals surface area contributed by atoms with Gasteiger partial charge in [-0.25, -0.2) is 13.2 Å². The SMILES string of the molecule is O=C(Nc1ccc(Br)cc1)c1c(F)cc(F)cc1F. The van der Waals surface area contributed by atoms with Crippen LogP contribution in [-0.4, -0.2) is 5.91 Å². The highest BCUT2D eigenvalue weighted by Crippen LogP contribution is 2.18. The summed E-state index contributed by atoms with van der Waals surface area (Å²) in [6.07, 6.45) is 0. The van der Waals surface area contributed by atoms with Gasteiger partial charge in [-0.3, -0.25) is 4.79 Å². The summed E-state index contributed by atoms with van der Waals surface area (Å²) in [5, 5.41) is 2.32. The van der Waals surface area contributed by atoms with Crippen LogP contribution in [0.3, 0.4) is 0 Å². The predicted molar refractivity (Wildman–Crippen MR) is 68.4 cm³/mol. The lowest BCUT2D eigenvalue weighted by Gasteiger charge is -2.07. The lowest BCUT2D eigenvalue weighted by molar-refractivity contribution is 0.101. The molecule has 1 amide bonds. The minimum atomic E-state index is -1.24. The molecule has 0 saturated carbocycles. The van der Waals surface area contributed by atoms with E-state index in [4.69, 9.17) is 0 Å². The molecule has 2 rings (SSSR count). The number of amides is 1. The molecular formula is C13H7BrF3NO. The van der Waals surface area contributed by atoms with Crippen LogP contribution in [0.2, 0.25) is 0 Å². The van der Waals surface area contributed by atoms with Crippen molar-refractivity contribution in [3.05, 3.63) is 63.9 Å². The third-order valence-corrected chi connectivity index (χ3v) is 2.86. The summed E-state index contributed by atoms with van der Waals surface area (Å²) in [6.45, 7) is 0. The van der Waals surface area contributed by atoms with Gasteiger partial charge in [0.15, 0.2) is 0 Å². The maximum absolute atomic E-state index is 13.4. The highest BCUT2D eigenvalue weighted by atomic mass is 79.9. The fourth-order valence-electron chi connectivity index (χ4n) is 1.49. The number of benzene rings is 2. The van der Waals surface area contributed by atoms with E-state index in [2.05, 4.69) is 21.2 Å². The Morgan fingerprint density at radius 3 is 2.05 bits per heavy atom. The van der Waals surface area contributed by atoms with Crippen LogP contribution in [0.1, 0.15) is 10.4 Å². The third kappa shape index (κ3) is 3.14. The molecule has 0 saturated heterocycles. The molecule has 0 atom stereocenters. The summed E-state index contributed by atoms with van der Waals surface area (Å²) in [7, 11) is 0. The topological polar surface area (TPSA) is 29.1 Å². The molecule has 0 bridgehead atoms. The Hall–Kier alpha value is -1.82. The first kappa shape index (κ1) is 13.6. The van der Waals surface area contributed by atoms with E-state index >= 15 is 0 Å². The zero-order valence-electron chi connectivity index (χ0n) is 9.38. The summed E-state index contributed by atoms with van der Waals surface area (Å²) in [5.41, 5.74) is -0.444. The zero-order chi connectivity index (χ0) is 14.0. The molecule has 0 radical (unpaired) electrons. The summed E-state index contributed by atoms with van der Waals surface area (Å²) in [6, 6.07) is 7.35. The molecule has 0 unspecified atom stereocenters. The van der Waals surface area contributed by atoms with Gasteiger partial charge in [-0.1, -0.05) is 15.9 Å². The van der Waals surface area contributed by atoms with Crippen LogP contribution in [0.25, 0.3) is 0 Å². The summed E-state index contributed by atoms with van der Waals surface area (Å²) in [4.78, 5) is 11.7. The summed E-state index contributed by atoms with van der Waals surface area (Å²) >= 11 is 3.21. The average molecular weight is 330 g/mol. The Bertz CT molecular complexity index is 605. The highest BCUT2D eigenvalue weighted by molar-refractivity contribution is 9.10. The predicted octanol–water partition coefficient (Wildman–Crippen LogP) is 4.12. The van der Waals surface area contributed by atoms with Crippen molar-refractivity contribution in [1.82, 2.24) is 0 Å². The molecule has 6 heteroatoms. The van der Waals surface area contributed by atoms with Crippen LogP contribution in [0.5, 0.6) is 0 Å². The van der Waals surface area contributed by atoms with Crippen LogP contribution in [-0.2, 0) is 0 Å². The van der Waals surface area contributed by atoms with Gasteiger partial charge in [0.25, 0.3) is 5.91 Å². The van der Waals surface area contributed by atoms with E-state index in [1.165, 1.54) is 0 Å². The first-order chi connectivity index (χ1) is 8.97. The molecule has 1 N–H and O–H groups in total. The average Bonchev–Trinajstić information content (AvgIpc) is 2.30. The monoisotopic (exact) mass is 329 g/mol. The number of rotatable bonds is 2. The normalized spacial score (nSPS) is 10.3. The number of carbonyl (C=O) groups is 1. The van der Waals surface area contributed by atoms with Crippen molar-refractivity contribution in [2.75, 3.05) is 5.32 Å². The van der Waals surface area contributed by atoms with Gasteiger partial charge in [-0.05, 0) is 24.3 Å². The minimum absolute atomic E-state index is 0.372. The van der Waals surface area contributed by atoms with Crippen molar-refractivity contribution < 1.29 is 18.0 Å². The first-order valence-corrected chi connectivity index (χ1v) is 5.98. The van der Waals surface area contributed by atoms with Crippen molar-refractivity contribution in [3.63, 3.8) is 0 Å². The molecule has 98 valence electrons. The summed E-state index contributed by atoms with van der Waals surface area (Å²) < 4.78 is 40.3. The molecule has 0 aliphatic carbocycles. The lowest BCUT2D eigenvalue weighted by Crippen LogP contribution is -2.16. The van der Waals surface area contributed by atoms with E-state index < -0.39 is 28.9 Å². The van der Waals surface area contributed by atoms with Gasteiger partial charge in [0.05, 0.1) is 0 Å². The van der Waals surface area contributed by atoms with Crippen molar-refractivity contribution in [2.45, 2.75) is 0 Å². The highest BCUT2D eigenvalue weighted by Gasteiger charge is 2.19. The molecule has 0 heterocycles. The van der Waals surface area contributed by atoms with E-state index in [-0.39, 0.29) is 0 Å². The molecule has 0 aliphatic rings. The molecule has 19 heavy (non-hydrogen) atoms. The van der Waals surface area contributed by atoms with E-state index in [0.29, 0.717) is 17.8 Å². The van der Waals surface area contributed by atoms with Crippen LogP contribution >= 0.6 is 15.9 Å². The fraction of sp³-hybridized carbons (Fsp3) is 0. The molecule has 0 aliphatic heterocycles. The number of nitrogens with one attached hydrogen (secondary N) is 1. The number of hydrogen-bond acceptors (Lipinski definition) is 1. The molecule has 0 spiro atoms.